The van der Waals surface area contributed by atoms with Gasteiger partial charge in [-0.3, -0.25) is 10.1 Å². The number of nitrogens with zero attached hydrogens (tertiary/aromatic N) is 2. The van der Waals surface area contributed by atoms with Crippen molar-refractivity contribution >= 4 is 44.3 Å². The van der Waals surface area contributed by atoms with Crippen LogP contribution in [0.1, 0.15) is 5.01 Å². The number of benzene rings is 2. The zero-order chi connectivity index (χ0) is 21.6. The average Bonchev–Trinajstić information content (AvgIpc) is 3.40. The fourth-order valence-corrected chi connectivity index (χ4v) is 4.36. The molecular weight excluding hydrogens is 416 g/mol. The largest absolute Gasteiger partial charge is 0.497 e. The van der Waals surface area contributed by atoms with Gasteiger partial charge in [-0.05, 0) is 36.3 Å². The zero-order valence-electron chi connectivity index (χ0n) is 16.3. The second kappa shape index (κ2) is 7.04. The van der Waals surface area contributed by atoms with Gasteiger partial charge in [-0.15, -0.1) is 11.3 Å². The first-order valence-electron chi connectivity index (χ1n) is 9.36. The lowest BCUT2D eigenvalue weighted by Crippen LogP contribution is -2.49. The molecule has 1 saturated heterocycles. The molecule has 0 spiro atoms. The van der Waals surface area contributed by atoms with Gasteiger partial charge in [0.25, 0.3) is 5.91 Å². The van der Waals surface area contributed by atoms with Crippen LogP contribution in [0.2, 0.25) is 0 Å². The highest BCUT2D eigenvalue weighted by Gasteiger charge is 2.46. The first kappa shape index (κ1) is 19.0. The van der Waals surface area contributed by atoms with E-state index >= 15 is 0 Å². The molecule has 0 bridgehead atoms. The van der Waals surface area contributed by atoms with Gasteiger partial charge < -0.3 is 19.7 Å². The normalized spacial score (nSPS) is 18.0. The molecule has 3 heterocycles. The molecule has 0 unspecified atom stereocenters. The molecule has 31 heavy (non-hydrogen) atoms. The molecule has 1 atom stereocenters. The van der Waals surface area contributed by atoms with Crippen molar-refractivity contribution in [2.45, 2.75) is 12.1 Å². The molecule has 154 valence electrons. The summed E-state index contributed by atoms with van der Waals surface area (Å²) < 4.78 is 7.68. The van der Waals surface area contributed by atoms with Crippen LogP contribution in [0, 0.1) is 11.8 Å². The van der Waals surface area contributed by atoms with E-state index in [0.29, 0.717) is 16.1 Å². The second-order valence-electron chi connectivity index (χ2n) is 7.08. The number of carbonyl (C=O) groups is 2. The van der Waals surface area contributed by atoms with Crippen LogP contribution in [-0.4, -0.2) is 39.2 Å². The number of methoxy groups -OCH3 is 1. The molecule has 8 nitrogen and oxygen atoms in total. The molecule has 3 amide bonds. The van der Waals surface area contributed by atoms with E-state index in [1.807, 2.05) is 24.3 Å². The van der Waals surface area contributed by atoms with Crippen molar-refractivity contribution in [3.63, 3.8) is 0 Å². The maximum absolute atomic E-state index is 12.7. The van der Waals surface area contributed by atoms with Gasteiger partial charge in [-0.1, -0.05) is 18.1 Å². The first-order valence-corrected chi connectivity index (χ1v) is 10.2. The molecule has 2 aromatic heterocycles. The fraction of sp³-hybridized carbons (Fsp3) is 0.136. The molecule has 0 saturated carbocycles. The minimum atomic E-state index is -1.55. The Kier molecular flexibility index (Phi) is 4.30. The number of aromatic hydroxyl groups is 1. The number of nitrogens with one attached hydrogen (secondary N) is 2. The van der Waals surface area contributed by atoms with Crippen molar-refractivity contribution in [3.05, 3.63) is 53.7 Å². The quantitative estimate of drug-likeness (QED) is 0.341. The van der Waals surface area contributed by atoms with E-state index in [1.54, 1.807) is 31.5 Å². The summed E-state index contributed by atoms with van der Waals surface area (Å²) in [5.74, 6) is 5.78. The summed E-state index contributed by atoms with van der Waals surface area (Å²) in [6.07, 6.45) is 1.70. The lowest BCUT2D eigenvalue weighted by molar-refractivity contribution is -0.122. The highest BCUT2D eigenvalue weighted by Crippen LogP contribution is 2.32. The lowest BCUT2D eigenvalue weighted by atomic mass is 10.0. The Hall–Kier alpha value is -4.03. The third kappa shape index (κ3) is 3.23. The van der Waals surface area contributed by atoms with Crippen LogP contribution >= 0.6 is 11.3 Å². The highest BCUT2D eigenvalue weighted by molar-refractivity contribution is 7.19. The summed E-state index contributed by atoms with van der Waals surface area (Å²) in [5.41, 5.74) is -0.736. The van der Waals surface area contributed by atoms with Crippen LogP contribution < -0.4 is 15.4 Å². The van der Waals surface area contributed by atoms with E-state index < -0.39 is 17.5 Å². The van der Waals surface area contributed by atoms with Gasteiger partial charge in [-0.2, -0.15) is 0 Å². The Balaban J connectivity index is 1.56. The number of carbonyl (C=O) groups excluding carboxylic acids is 2. The summed E-state index contributed by atoms with van der Waals surface area (Å²) in [4.78, 5) is 29.1. The lowest BCUT2D eigenvalue weighted by Gasteiger charge is -2.20. The van der Waals surface area contributed by atoms with Gasteiger partial charge in [0.2, 0.25) is 5.54 Å². The maximum Gasteiger partial charge on any atom is 0.323 e. The van der Waals surface area contributed by atoms with Gasteiger partial charge in [0.1, 0.15) is 5.75 Å². The van der Waals surface area contributed by atoms with Crippen molar-refractivity contribution in [1.29, 1.82) is 0 Å². The molecule has 4 aromatic rings. The monoisotopic (exact) mass is 432 g/mol. The SMILES string of the molecule is COc1ccc2cn(C[C@]3(C#Cc4nc5ccccc5s4)NC(=O)NC3=O)c(O)c2c1. The fourth-order valence-electron chi connectivity index (χ4n) is 3.54. The van der Waals surface area contributed by atoms with Gasteiger partial charge in [0.05, 0.1) is 23.9 Å². The Morgan fingerprint density at radius 2 is 2.10 bits per heavy atom. The second-order valence-corrected chi connectivity index (χ2v) is 8.11. The van der Waals surface area contributed by atoms with Crippen LogP contribution in [-0.2, 0) is 11.3 Å². The predicted octanol–water partition coefficient (Wildman–Crippen LogP) is 2.60. The van der Waals surface area contributed by atoms with Crippen LogP contribution in [0.4, 0.5) is 4.79 Å². The Labute approximate surface area is 180 Å². The van der Waals surface area contributed by atoms with Crippen LogP contribution in [0.15, 0.2) is 48.7 Å². The van der Waals surface area contributed by atoms with Crippen LogP contribution in [0.3, 0.4) is 0 Å². The van der Waals surface area contributed by atoms with E-state index in [9.17, 15) is 14.7 Å². The Bertz CT molecular complexity index is 1390. The minimum absolute atomic E-state index is 0.0518. The molecule has 1 aliphatic heterocycles. The number of ether oxygens (including phenoxy) is 1. The van der Waals surface area contributed by atoms with Gasteiger partial charge in [0, 0.05) is 17.0 Å². The topological polar surface area (TPSA) is 105 Å². The standard InChI is InChI=1S/C22H16N4O4S/c1-30-14-7-6-13-11-26(19(27)15(13)10-14)12-22(20(28)24-21(29)25-22)9-8-18-23-16-4-2-3-5-17(16)31-18/h2-7,10-11,27H,12H2,1H3,(H2,24,25,28,29)/t22-/m0/s1. The Morgan fingerprint density at radius 3 is 2.84 bits per heavy atom. The summed E-state index contributed by atoms with van der Waals surface area (Å²) in [7, 11) is 1.54. The van der Waals surface area contributed by atoms with Crippen molar-refractivity contribution in [3.8, 4) is 23.5 Å². The third-order valence-electron chi connectivity index (χ3n) is 5.09. The summed E-state index contributed by atoms with van der Waals surface area (Å²) in [6.45, 7) is -0.0781. The van der Waals surface area contributed by atoms with E-state index in [-0.39, 0.29) is 12.4 Å². The molecule has 9 heteroatoms. The molecule has 1 aliphatic rings. The number of fused-ring (bicyclic) bond motifs is 2. The number of imide groups is 1. The van der Waals surface area contributed by atoms with E-state index in [4.69, 9.17) is 4.74 Å². The molecule has 1 fully saturated rings. The van der Waals surface area contributed by atoms with E-state index in [2.05, 4.69) is 27.5 Å². The van der Waals surface area contributed by atoms with E-state index in [0.717, 1.165) is 15.6 Å². The third-order valence-corrected chi connectivity index (χ3v) is 6.05. The number of aromatic nitrogens is 2. The van der Waals surface area contributed by atoms with Crippen LogP contribution in [0.25, 0.3) is 21.0 Å². The predicted molar refractivity (Wildman–Crippen MR) is 116 cm³/mol. The number of hydrogen-bond donors (Lipinski definition) is 3. The van der Waals surface area contributed by atoms with Crippen molar-refractivity contribution in [2.24, 2.45) is 0 Å². The van der Waals surface area contributed by atoms with E-state index in [1.165, 1.54) is 15.9 Å². The summed E-state index contributed by atoms with van der Waals surface area (Å²) in [5, 5.41) is 17.4. The Morgan fingerprint density at radius 1 is 1.26 bits per heavy atom. The van der Waals surface area contributed by atoms with Gasteiger partial charge in [-0.25, -0.2) is 9.78 Å². The number of rotatable bonds is 3. The van der Waals surface area contributed by atoms with Crippen molar-refractivity contribution in [2.75, 3.05) is 7.11 Å². The molecule has 0 aliphatic carbocycles. The van der Waals surface area contributed by atoms with Gasteiger partial charge in [0.15, 0.2) is 10.9 Å². The zero-order valence-corrected chi connectivity index (χ0v) is 17.1. The maximum atomic E-state index is 12.7. The molecule has 0 radical (unpaired) electrons. The molecule has 2 aromatic carbocycles. The smallest absolute Gasteiger partial charge is 0.323 e. The average molecular weight is 432 g/mol. The summed E-state index contributed by atoms with van der Waals surface area (Å²) >= 11 is 1.40. The highest BCUT2D eigenvalue weighted by atomic mass is 32.1. The number of thiazole rings is 1. The van der Waals surface area contributed by atoms with Crippen molar-refractivity contribution < 1.29 is 19.4 Å². The summed E-state index contributed by atoms with van der Waals surface area (Å²) in [6, 6.07) is 12.3. The van der Waals surface area contributed by atoms with Gasteiger partial charge >= 0.3 is 6.03 Å². The molecule has 5 rings (SSSR count). The number of para-hydroxylation sites is 1. The minimum Gasteiger partial charge on any atom is -0.497 e. The molecule has 3 N–H and O–H groups in total. The number of urea groups is 1. The van der Waals surface area contributed by atoms with Crippen molar-refractivity contribution in [1.82, 2.24) is 20.2 Å². The van der Waals surface area contributed by atoms with Crippen LogP contribution in [0.5, 0.6) is 11.6 Å². The number of amides is 3. The first-order chi connectivity index (χ1) is 15.0. The number of hydrogen-bond acceptors (Lipinski definition) is 6. The molecular formula is C22H16N4O4S.